The summed E-state index contributed by atoms with van der Waals surface area (Å²) in [4.78, 5) is 16.1. The van der Waals surface area contributed by atoms with Gasteiger partial charge < -0.3 is 19.8 Å². The Bertz CT molecular complexity index is 491. The predicted molar refractivity (Wildman–Crippen MR) is 74.2 cm³/mol. The van der Waals surface area contributed by atoms with Crippen LogP contribution >= 0.6 is 0 Å². The van der Waals surface area contributed by atoms with Gasteiger partial charge in [0.05, 0.1) is 5.56 Å². The number of piperazine rings is 1. The van der Waals surface area contributed by atoms with Gasteiger partial charge in [-0.1, -0.05) is 13.0 Å². The molecule has 1 saturated heterocycles. The van der Waals surface area contributed by atoms with Gasteiger partial charge in [-0.2, -0.15) is 0 Å². The number of halogens is 1. The number of likely N-dealkylation sites (N-methyl/N-ethyl adjacent to an activating group) is 1. The largest absolute Gasteiger partial charge is 0.488 e. The van der Waals surface area contributed by atoms with Crippen molar-refractivity contribution in [1.82, 2.24) is 9.80 Å². The fraction of sp³-hybridized carbons (Fsp3) is 0.462. The summed E-state index contributed by atoms with van der Waals surface area (Å²) < 4.78 is 13.9. The SMILES string of the molecule is CCN1CCN(C(=O)c2ccc(B(O)O)cc2F)CC1. The normalized spacial score (nSPS) is 16.3. The van der Waals surface area contributed by atoms with Crippen molar-refractivity contribution in [1.29, 1.82) is 0 Å². The van der Waals surface area contributed by atoms with Crippen molar-refractivity contribution in [3.63, 3.8) is 0 Å². The first-order chi connectivity index (χ1) is 9.52. The van der Waals surface area contributed by atoms with E-state index in [0.29, 0.717) is 13.1 Å². The third kappa shape index (κ3) is 3.17. The number of amides is 1. The first-order valence-corrected chi connectivity index (χ1v) is 6.70. The van der Waals surface area contributed by atoms with Crippen molar-refractivity contribution in [2.24, 2.45) is 0 Å². The van der Waals surface area contributed by atoms with E-state index in [2.05, 4.69) is 11.8 Å². The Morgan fingerprint density at radius 3 is 2.45 bits per heavy atom. The van der Waals surface area contributed by atoms with Crippen molar-refractivity contribution in [3.8, 4) is 0 Å². The molecule has 1 amide bonds. The molecular formula is C13H18BFN2O3. The summed E-state index contributed by atoms with van der Waals surface area (Å²) in [6.07, 6.45) is 0. The summed E-state index contributed by atoms with van der Waals surface area (Å²) in [6, 6.07) is 3.64. The van der Waals surface area contributed by atoms with Crippen molar-refractivity contribution in [2.45, 2.75) is 6.92 Å². The Hall–Kier alpha value is -1.44. The van der Waals surface area contributed by atoms with Gasteiger partial charge in [0.25, 0.3) is 5.91 Å². The van der Waals surface area contributed by atoms with E-state index in [9.17, 15) is 9.18 Å². The standard InChI is InChI=1S/C13H18BFN2O3/c1-2-16-5-7-17(8-6-16)13(18)11-4-3-10(14(19)20)9-12(11)15/h3-4,9,19-20H,2,5-8H2,1H3. The van der Waals surface area contributed by atoms with Crippen LogP contribution < -0.4 is 5.46 Å². The van der Waals surface area contributed by atoms with E-state index in [1.165, 1.54) is 12.1 Å². The van der Waals surface area contributed by atoms with Crippen molar-refractivity contribution >= 4 is 18.5 Å². The Labute approximate surface area is 117 Å². The Kier molecular flexibility index (Phi) is 4.75. The average molecular weight is 280 g/mol. The second-order valence-electron chi connectivity index (χ2n) is 4.84. The maximum atomic E-state index is 13.9. The summed E-state index contributed by atoms with van der Waals surface area (Å²) in [5, 5.41) is 17.9. The van der Waals surface area contributed by atoms with Crippen molar-refractivity contribution in [2.75, 3.05) is 32.7 Å². The van der Waals surface area contributed by atoms with Crippen LogP contribution in [0.3, 0.4) is 0 Å². The Morgan fingerprint density at radius 1 is 1.30 bits per heavy atom. The van der Waals surface area contributed by atoms with E-state index >= 15 is 0 Å². The molecule has 0 bridgehead atoms. The molecule has 0 saturated carbocycles. The second-order valence-corrected chi connectivity index (χ2v) is 4.84. The highest BCUT2D eigenvalue weighted by Crippen LogP contribution is 2.11. The molecule has 0 aromatic heterocycles. The Morgan fingerprint density at radius 2 is 1.95 bits per heavy atom. The molecule has 0 atom stereocenters. The molecular weight excluding hydrogens is 262 g/mol. The zero-order valence-electron chi connectivity index (χ0n) is 11.4. The third-order valence-corrected chi connectivity index (χ3v) is 3.63. The molecule has 1 fully saturated rings. The van der Waals surface area contributed by atoms with E-state index < -0.39 is 12.9 Å². The number of carbonyl (C=O) groups excluding carboxylic acids is 1. The highest BCUT2D eigenvalue weighted by molar-refractivity contribution is 6.58. The van der Waals surface area contributed by atoms with Gasteiger partial charge in [-0.3, -0.25) is 4.79 Å². The first-order valence-electron chi connectivity index (χ1n) is 6.70. The van der Waals surface area contributed by atoms with Crippen LogP contribution in [0.2, 0.25) is 0 Å². The fourth-order valence-corrected chi connectivity index (χ4v) is 2.30. The molecule has 0 spiro atoms. The molecule has 0 unspecified atom stereocenters. The molecule has 7 heteroatoms. The molecule has 2 rings (SSSR count). The lowest BCUT2D eigenvalue weighted by Gasteiger charge is -2.34. The molecule has 1 heterocycles. The number of benzene rings is 1. The summed E-state index contributed by atoms with van der Waals surface area (Å²) >= 11 is 0. The van der Waals surface area contributed by atoms with Crippen LogP contribution in [0.5, 0.6) is 0 Å². The lowest BCUT2D eigenvalue weighted by Crippen LogP contribution is -2.48. The van der Waals surface area contributed by atoms with Gasteiger partial charge in [0, 0.05) is 26.2 Å². The molecule has 0 radical (unpaired) electrons. The predicted octanol–water partition coefficient (Wildman–Crippen LogP) is -0.717. The maximum absolute atomic E-state index is 13.9. The minimum atomic E-state index is -1.73. The molecule has 1 aliphatic heterocycles. The average Bonchev–Trinajstić information content (AvgIpc) is 2.46. The maximum Gasteiger partial charge on any atom is 0.488 e. The molecule has 1 aliphatic rings. The number of rotatable bonds is 3. The zero-order valence-corrected chi connectivity index (χ0v) is 11.4. The van der Waals surface area contributed by atoms with Crippen LogP contribution in [-0.4, -0.2) is 65.6 Å². The van der Waals surface area contributed by atoms with Crippen LogP contribution in [0, 0.1) is 5.82 Å². The number of hydrogen-bond donors (Lipinski definition) is 2. The molecule has 108 valence electrons. The van der Waals surface area contributed by atoms with Gasteiger partial charge >= 0.3 is 7.12 Å². The van der Waals surface area contributed by atoms with Crippen LogP contribution in [0.1, 0.15) is 17.3 Å². The number of nitrogens with zero attached hydrogens (tertiary/aromatic N) is 2. The van der Waals surface area contributed by atoms with Gasteiger partial charge in [-0.25, -0.2) is 4.39 Å². The summed E-state index contributed by atoms with van der Waals surface area (Å²) in [5.74, 6) is -1.07. The summed E-state index contributed by atoms with van der Waals surface area (Å²) in [6.45, 7) is 5.75. The number of hydrogen-bond acceptors (Lipinski definition) is 4. The van der Waals surface area contributed by atoms with Crippen molar-refractivity contribution in [3.05, 3.63) is 29.6 Å². The van der Waals surface area contributed by atoms with Crippen molar-refractivity contribution < 1.29 is 19.2 Å². The van der Waals surface area contributed by atoms with Crippen LogP contribution in [0.15, 0.2) is 18.2 Å². The van der Waals surface area contributed by atoms with Gasteiger partial charge in [-0.15, -0.1) is 0 Å². The Balaban J connectivity index is 2.10. The van der Waals surface area contributed by atoms with E-state index in [0.717, 1.165) is 25.7 Å². The van der Waals surface area contributed by atoms with Gasteiger partial charge in [0.2, 0.25) is 0 Å². The molecule has 20 heavy (non-hydrogen) atoms. The van der Waals surface area contributed by atoms with E-state index in [1.54, 1.807) is 4.90 Å². The molecule has 0 aliphatic carbocycles. The highest BCUT2D eigenvalue weighted by Gasteiger charge is 2.24. The lowest BCUT2D eigenvalue weighted by molar-refractivity contribution is 0.0639. The third-order valence-electron chi connectivity index (χ3n) is 3.63. The van der Waals surface area contributed by atoms with Crippen LogP contribution in [-0.2, 0) is 0 Å². The zero-order chi connectivity index (χ0) is 14.7. The van der Waals surface area contributed by atoms with E-state index in [4.69, 9.17) is 10.0 Å². The van der Waals surface area contributed by atoms with Crippen LogP contribution in [0.4, 0.5) is 4.39 Å². The van der Waals surface area contributed by atoms with E-state index in [1.807, 2.05) is 0 Å². The monoisotopic (exact) mass is 280 g/mol. The molecule has 1 aromatic carbocycles. The molecule has 1 aromatic rings. The van der Waals surface area contributed by atoms with Gasteiger partial charge in [0.15, 0.2) is 0 Å². The minimum Gasteiger partial charge on any atom is -0.423 e. The quantitative estimate of drug-likeness (QED) is 0.718. The van der Waals surface area contributed by atoms with Gasteiger partial charge in [-0.05, 0) is 24.1 Å². The highest BCUT2D eigenvalue weighted by atomic mass is 19.1. The summed E-state index contributed by atoms with van der Waals surface area (Å²) in [5.41, 5.74) is 0.00852. The van der Waals surface area contributed by atoms with Gasteiger partial charge in [0.1, 0.15) is 5.82 Å². The summed E-state index contributed by atoms with van der Waals surface area (Å²) in [7, 11) is -1.73. The minimum absolute atomic E-state index is 0.0284. The second kappa shape index (κ2) is 6.34. The first kappa shape index (κ1) is 15.0. The van der Waals surface area contributed by atoms with E-state index in [-0.39, 0.29) is 16.9 Å². The lowest BCUT2D eigenvalue weighted by atomic mass is 9.80. The number of carbonyl (C=O) groups is 1. The van der Waals surface area contributed by atoms with Crippen LogP contribution in [0.25, 0.3) is 0 Å². The smallest absolute Gasteiger partial charge is 0.423 e. The molecule has 5 nitrogen and oxygen atoms in total. The topological polar surface area (TPSA) is 64.0 Å². The molecule has 2 N–H and O–H groups in total. The fourth-order valence-electron chi connectivity index (χ4n) is 2.30.